The number of hydrogen-bond donors (Lipinski definition) is 2. The molecule has 0 saturated heterocycles. The molecule has 0 amide bonds. The molecule has 6 heteroatoms. The number of methoxy groups -OCH3 is 1. The third-order valence-corrected chi connectivity index (χ3v) is 3.16. The Hall–Kier alpha value is -1.66. The van der Waals surface area contributed by atoms with Gasteiger partial charge in [0.05, 0.1) is 11.5 Å². The molecule has 0 bridgehead atoms. The summed E-state index contributed by atoms with van der Waals surface area (Å²) < 4.78 is 5.16. The van der Waals surface area contributed by atoms with Crippen molar-refractivity contribution in [3.63, 3.8) is 0 Å². The lowest BCUT2D eigenvalue weighted by Gasteiger charge is -2.19. The highest BCUT2D eigenvalue weighted by Gasteiger charge is 2.15. The van der Waals surface area contributed by atoms with Crippen molar-refractivity contribution in [3.05, 3.63) is 33.9 Å². The Labute approximate surface area is 119 Å². The van der Waals surface area contributed by atoms with Crippen molar-refractivity contribution >= 4 is 11.4 Å². The van der Waals surface area contributed by atoms with Crippen molar-refractivity contribution in [2.24, 2.45) is 5.73 Å². The average molecular weight is 281 g/mol. The maximum atomic E-state index is 11.1. The summed E-state index contributed by atoms with van der Waals surface area (Å²) in [5, 5.41) is 14.3. The number of nitrogens with one attached hydrogen (secondary N) is 1. The van der Waals surface area contributed by atoms with Gasteiger partial charge >= 0.3 is 0 Å². The predicted octanol–water partition coefficient (Wildman–Crippen LogP) is 2.32. The molecule has 0 heterocycles. The number of nitro benzene ring substituents is 1. The normalized spacial score (nSPS) is 12.2. The van der Waals surface area contributed by atoms with E-state index in [0.717, 1.165) is 24.1 Å². The number of nitro groups is 1. The van der Waals surface area contributed by atoms with Gasteiger partial charge in [0.15, 0.2) is 0 Å². The van der Waals surface area contributed by atoms with E-state index < -0.39 is 0 Å². The molecule has 0 fully saturated rings. The van der Waals surface area contributed by atoms with Gasteiger partial charge in [0.25, 0.3) is 5.69 Å². The number of anilines is 1. The van der Waals surface area contributed by atoms with Crippen LogP contribution in [0.4, 0.5) is 11.4 Å². The van der Waals surface area contributed by atoms with E-state index in [-0.39, 0.29) is 16.7 Å². The van der Waals surface area contributed by atoms with Crippen LogP contribution in [0.15, 0.2) is 18.2 Å². The zero-order valence-corrected chi connectivity index (χ0v) is 12.1. The number of nitrogens with two attached hydrogens (primary N) is 1. The second-order valence-corrected chi connectivity index (χ2v) is 4.68. The van der Waals surface area contributed by atoms with Gasteiger partial charge in [-0.25, -0.2) is 0 Å². The third-order valence-electron chi connectivity index (χ3n) is 3.16. The lowest BCUT2D eigenvalue weighted by atomic mass is 10.1. The summed E-state index contributed by atoms with van der Waals surface area (Å²) in [5.41, 5.74) is 7.15. The average Bonchev–Trinajstić information content (AvgIpc) is 2.44. The van der Waals surface area contributed by atoms with Crippen molar-refractivity contribution in [1.82, 2.24) is 0 Å². The lowest BCUT2D eigenvalue weighted by Crippen LogP contribution is -2.25. The van der Waals surface area contributed by atoms with Gasteiger partial charge in [-0.1, -0.05) is 13.0 Å². The van der Waals surface area contributed by atoms with E-state index in [2.05, 4.69) is 5.32 Å². The molecule has 0 radical (unpaired) electrons. The monoisotopic (exact) mass is 281 g/mol. The summed E-state index contributed by atoms with van der Waals surface area (Å²) >= 11 is 0. The molecule has 3 N–H and O–H groups in total. The Morgan fingerprint density at radius 3 is 2.80 bits per heavy atom. The molecule has 1 rings (SSSR count). The first-order chi connectivity index (χ1) is 9.62. The fraction of sp³-hybridized carbons (Fsp3) is 0.571. The first kappa shape index (κ1) is 16.4. The Balaban J connectivity index is 2.84. The van der Waals surface area contributed by atoms with Crippen LogP contribution in [-0.2, 0) is 11.2 Å². The van der Waals surface area contributed by atoms with Crippen LogP contribution in [0.25, 0.3) is 0 Å². The minimum Gasteiger partial charge on any atom is -0.383 e. The summed E-state index contributed by atoms with van der Waals surface area (Å²) in [7, 11) is 1.64. The van der Waals surface area contributed by atoms with Gasteiger partial charge in [0.1, 0.15) is 0 Å². The quantitative estimate of drug-likeness (QED) is 0.535. The molecular weight excluding hydrogens is 258 g/mol. The Morgan fingerprint density at radius 2 is 2.25 bits per heavy atom. The third kappa shape index (κ3) is 4.79. The van der Waals surface area contributed by atoms with E-state index >= 15 is 0 Å². The van der Waals surface area contributed by atoms with Crippen LogP contribution < -0.4 is 11.1 Å². The molecule has 1 unspecified atom stereocenters. The van der Waals surface area contributed by atoms with Crippen LogP contribution in [0.5, 0.6) is 0 Å². The van der Waals surface area contributed by atoms with Gasteiger partial charge in [-0.15, -0.1) is 0 Å². The molecule has 112 valence electrons. The number of hydrogen-bond acceptors (Lipinski definition) is 5. The van der Waals surface area contributed by atoms with E-state index in [1.807, 2.05) is 13.0 Å². The highest BCUT2D eigenvalue weighted by Crippen LogP contribution is 2.24. The second kappa shape index (κ2) is 8.50. The molecule has 0 spiro atoms. The van der Waals surface area contributed by atoms with Crippen LogP contribution in [-0.4, -0.2) is 31.2 Å². The Bertz CT molecular complexity index is 438. The molecule has 0 aliphatic rings. The molecule has 0 aliphatic carbocycles. The molecule has 0 aliphatic heterocycles. The van der Waals surface area contributed by atoms with E-state index in [1.54, 1.807) is 19.2 Å². The van der Waals surface area contributed by atoms with E-state index in [4.69, 9.17) is 10.5 Å². The minimum atomic E-state index is -0.338. The van der Waals surface area contributed by atoms with Crippen LogP contribution >= 0.6 is 0 Å². The molecule has 6 nitrogen and oxygen atoms in total. The standard InChI is InChI=1S/C14H23N3O3/c1-3-11-6-7-12(9-14(11)17(18)19)16-13(10-20-2)5-4-8-15/h6-7,9,13,16H,3-5,8,10,15H2,1-2H3. The van der Waals surface area contributed by atoms with Crippen LogP contribution in [0, 0.1) is 10.1 Å². The van der Waals surface area contributed by atoms with Crippen LogP contribution in [0.2, 0.25) is 0 Å². The summed E-state index contributed by atoms with van der Waals surface area (Å²) in [6.45, 7) is 3.07. The van der Waals surface area contributed by atoms with Crippen molar-refractivity contribution in [2.45, 2.75) is 32.2 Å². The van der Waals surface area contributed by atoms with Gasteiger partial charge in [-0.05, 0) is 31.9 Å². The first-order valence-corrected chi connectivity index (χ1v) is 6.85. The highest BCUT2D eigenvalue weighted by atomic mass is 16.6. The number of aryl methyl sites for hydroxylation is 1. The maximum absolute atomic E-state index is 11.1. The SMILES string of the molecule is CCc1ccc(NC(CCCN)COC)cc1[N+](=O)[O-]. The molecule has 20 heavy (non-hydrogen) atoms. The van der Waals surface area contributed by atoms with Crippen molar-refractivity contribution < 1.29 is 9.66 Å². The lowest BCUT2D eigenvalue weighted by molar-refractivity contribution is -0.385. The number of rotatable bonds is 9. The Kier molecular flexibility index (Phi) is 6.97. The predicted molar refractivity (Wildman–Crippen MR) is 80.0 cm³/mol. The fourth-order valence-corrected chi connectivity index (χ4v) is 2.12. The largest absolute Gasteiger partial charge is 0.383 e. The van der Waals surface area contributed by atoms with Crippen molar-refractivity contribution in [3.8, 4) is 0 Å². The summed E-state index contributed by atoms with van der Waals surface area (Å²) in [5.74, 6) is 0. The second-order valence-electron chi connectivity index (χ2n) is 4.68. The Morgan fingerprint density at radius 1 is 1.50 bits per heavy atom. The maximum Gasteiger partial charge on any atom is 0.274 e. The fourth-order valence-electron chi connectivity index (χ4n) is 2.12. The molecule has 1 aromatic rings. The summed E-state index contributed by atoms with van der Waals surface area (Å²) in [6.07, 6.45) is 2.40. The number of ether oxygens (including phenoxy) is 1. The van der Waals surface area contributed by atoms with E-state index in [0.29, 0.717) is 19.6 Å². The van der Waals surface area contributed by atoms with Crippen LogP contribution in [0.3, 0.4) is 0 Å². The number of benzene rings is 1. The zero-order chi connectivity index (χ0) is 15.0. The van der Waals surface area contributed by atoms with Gasteiger partial charge in [-0.2, -0.15) is 0 Å². The van der Waals surface area contributed by atoms with Gasteiger partial charge < -0.3 is 15.8 Å². The molecule has 1 atom stereocenters. The van der Waals surface area contributed by atoms with Crippen molar-refractivity contribution in [2.75, 3.05) is 25.6 Å². The molecule has 0 saturated carbocycles. The smallest absolute Gasteiger partial charge is 0.274 e. The molecular formula is C14H23N3O3. The topological polar surface area (TPSA) is 90.4 Å². The molecule has 0 aromatic heterocycles. The van der Waals surface area contributed by atoms with E-state index in [9.17, 15) is 10.1 Å². The van der Waals surface area contributed by atoms with Gasteiger partial charge in [0.2, 0.25) is 0 Å². The number of nitrogens with zero attached hydrogens (tertiary/aromatic N) is 1. The highest BCUT2D eigenvalue weighted by molar-refractivity contribution is 5.55. The van der Waals surface area contributed by atoms with E-state index in [1.165, 1.54) is 0 Å². The van der Waals surface area contributed by atoms with Gasteiger partial charge in [0, 0.05) is 30.5 Å². The first-order valence-electron chi connectivity index (χ1n) is 6.85. The summed E-state index contributed by atoms with van der Waals surface area (Å²) in [6, 6.07) is 5.37. The minimum absolute atomic E-state index is 0.107. The van der Waals surface area contributed by atoms with Gasteiger partial charge in [-0.3, -0.25) is 10.1 Å². The van der Waals surface area contributed by atoms with Crippen LogP contribution in [0.1, 0.15) is 25.3 Å². The summed E-state index contributed by atoms with van der Waals surface area (Å²) in [4.78, 5) is 10.7. The molecule has 1 aromatic carbocycles. The zero-order valence-electron chi connectivity index (χ0n) is 12.1. The van der Waals surface area contributed by atoms with Crippen molar-refractivity contribution in [1.29, 1.82) is 0 Å².